The lowest BCUT2D eigenvalue weighted by Crippen LogP contribution is -1.88. The van der Waals surface area contributed by atoms with Gasteiger partial charge in [-0.15, -0.1) is 0 Å². The van der Waals surface area contributed by atoms with Crippen molar-refractivity contribution in [3.8, 4) is 0 Å². The molecule has 0 saturated carbocycles. The molecule has 0 aromatic carbocycles. The second-order valence-electron chi connectivity index (χ2n) is 1.81. The highest BCUT2D eigenvalue weighted by atomic mass is 32.1. The van der Waals surface area contributed by atoms with Crippen LogP contribution in [0.4, 0.5) is 0 Å². The zero-order valence-electron chi connectivity index (χ0n) is 5.15. The molecule has 0 fully saturated rings. The van der Waals surface area contributed by atoms with Gasteiger partial charge >= 0.3 is 0 Å². The van der Waals surface area contributed by atoms with Gasteiger partial charge in [0, 0.05) is 23.8 Å². The molecule has 1 rings (SSSR count). The third-order valence-electron chi connectivity index (χ3n) is 1.01. The largest absolute Gasteiger partial charge is 0.261 e. The fourth-order valence-corrected chi connectivity index (χ4v) is 0.660. The van der Waals surface area contributed by atoms with Crippen LogP contribution in [-0.2, 0) is 0 Å². The van der Waals surface area contributed by atoms with Crippen molar-refractivity contribution in [3.05, 3.63) is 24.3 Å². The van der Waals surface area contributed by atoms with Crippen LogP contribution in [0.15, 0.2) is 18.6 Å². The zero-order valence-corrected chi connectivity index (χ0v) is 6.05. The molecule has 3 heteroatoms. The first-order chi connectivity index (χ1) is 4.30. The zero-order chi connectivity index (χ0) is 6.69. The summed E-state index contributed by atoms with van der Waals surface area (Å²) in [4.78, 5) is 7.93. The topological polar surface area (TPSA) is 25.8 Å². The highest BCUT2D eigenvalue weighted by molar-refractivity contribution is 7.80. The van der Waals surface area contributed by atoms with E-state index in [1.165, 1.54) is 0 Å². The summed E-state index contributed by atoms with van der Waals surface area (Å²) in [7, 11) is 0. The monoisotopic (exact) mass is 140 g/mol. The molecule has 1 atom stereocenters. The maximum absolute atomic E-state index is 4.19. The Morgan fingerprint density at radius 1 is 1.56 bits per heavy atom. The van der Waals surface area contributed by atoms with Crippen molar-refractivity contribution < 1.29 is 0 Å². The van der Waals surface area contributed by atoms with E-state index in [-0.39, 0.29) is 5.25 Å². The first-order valence-corrected chi connectivity index (χ1v) is 3.26. The van der Waals surface area contributed by atoms with E-state index in [4.69, 9.17) is 0 Å². The van der Waals surface area contributed by atoms with Gasteiger partial charge in [0.1, 0.15) is 0 Å². The third kappa shape index (κ3) is 1.68. The van der Waals surface area contributed by atoms with Gasteiger partial charge in [0.25, 0.3) is 0 Å². The lowest BCUT2D eigenvalue weighted by atomic mass is 10.3. The van der Waals surface area contributed by atoms with Crippen LogP contribution in [0.2, 0.25) is 0 Å². The van der Waals surface area contributed by atoms with Gasteiger partial charge in [0.2, 0.25) is 0 Å². The van der Waals surface area contributed by atoms with E-state index >= 15 is 0 Å². The van der Waals surface area contributed by atoms with Crippen molar-refractivity contribution in [2.75, 3.05) is 0 Å². The SMILES string of the molecule is CC(S)c1cnccn1. The summed E-state index contributed by atoms with van der Waals surface area (Å²) in [5.74, 6) is 0. The average molecular weight is 140 g/mol. The minimum Gasteiger partial charge on any atom is -0.261 e. The molecule has 0 radical (unpaired) electrons. The van der Waals surface area contributed by atoms with Crippen LogP contribution < -0.4 is 0 Å². The lowest BCUT2D eigenvalue weighted by Gasteiger charge is -1.98. The number of rotatable bonds is 1. The highest BCUT2D eigenvalue weighted by Gasteiger charge is 1.97. The predicted molar refractivity (Wildman–Crippen MR) is 39.4 cm³/mol. The van der Waals surface area contributed by atoms with Crippen LogP contribution in [0.1, 0.15) is 17.9 Å². The molecule has 48 valence electrons. The molecule has 0 N–H and O–H groups in total. The molecular weight excluding hydrogens is 132 g/mol. The summed E-state index contributed by atoms with van der Waals surface area (Å²) in [5.41, 5.74) is 0.917. The van der Waals surface area contributed by atoms with Crippen LogP contribution in [0, 0.1) is 0 Å². The van der Waals surface area contributed by atoms with Crippen LogP contribution >= 0.6 is 12.6 Å². The number of nitrogens with zero attached hydrogens (tertiary/aromatic N) is 2. The first kappa shape index (κ1) is 6.55. The summed E-state index contributed by atoms with van der Waals surface area (Å²) in [6.45, 7) is 1.97. The Morgan fingerprint density at radius 2 is 2.33 bits per heavy atom. The van der Waals surface area contributed by atoms with Gasteiger partial charge in [0.15, 0.2) is 0 Å². The van der Waals surface area contributed by atoms with Gasteiger partial charge in [-0.25, -0.2) is 0 Å². The number of aromatic nitrogens is 2. The van der Waals surface area contributed by atoms with Gasteiger partial charge in [-0.1, -0.05) is 0 Å². The molecule has 0 saturated heterocycles. The Morgan fingerprint density at radius 3 is 2.67 bits per heavy atom. The minimum absolute atomic E-state index is 0.179. The fourth-order valence-electron chi connectivity index (χ4n) is 0.526. The van der Waals surface area contributed by atoms with E-state index in [0.717, 1.165) is 5.69 Å². The second-order valence-corrected chi connectivity index (χ2v) is 2.58. The molecule has 1 heterocycles. The van der Waals surface area contributed by atoms with E-state index in [0.29, 0.717) is 0 Å². The van der Waals surface area contributed by atoms with Gasteiger partial charge in [-0.3, -0.25) is 9.97 Å². The molecule has 0 aliphatic rings. The Balaban J connectivity index is 2.85. The van der Waals surface area contributed by atoms with Gasteiger partial charge in [-0.2, -0.15) is 12.6 Å². The molecule has 1 aromatic rings. The normalized spacial score (nSPS) is 13.1. The lowest BCUT2D eigenvalue weighted by molar-refractivity contribution is 0.983. The molecule has 0 aliphatic heterocycles. The molecule has 1 unspecified atom stereocenters. The Kier molecular flexibility index (Phi) is 2.05. The quantitative estimate of drug-likeness (QED) is 0.598. The highest BCUT2D eigenvalue weighted by Crippen LogP contribution is 2.13. The molecule has 9 heavy (non-hydrogen) atoms. The number of hydrogen-bond acceptors (Lipinski definition) is 3. The number of thiol groups is 1. The summed E-state index contributed by atoms with van der Waals surface area (Å²) in [6, 6.07) is 0. The van der Waals surface area contributed by atoms with Gasteiger partial charge < -0.3 is 0 Å². The van der Waals surface area contributed by atoms with Gasteiger partial charge in [-0.05, 0) is 6.92 Å². The standard InChI is InChI=1S/C6H8N2S/c1-5(9)6-4-7-2-3-8-6/h2-5,9H,1H3. The summed E-state index contributed by atoms with van der Waals surface area (Å²) in [6.07, 6.45) is 5.04. The smallest absolute Gasteiger partial charge is 0.0711 e. The van der Waals surface area contributed by atoms with Crippen LogP contribution in [0.25, 0.3) is 0 Å². The molecule has 0 bridgehead atoms. The molecular formula is C6H8N2S. The molecule has 0 spiro atoms. The minimum atomic E-state index is 0.179. The Labute approximate surface area is 59.8 Å². The maximum atomic E-state index is 4.19. The predicted octanol–water partition coefficient (Wildman–Crippen LogP) is 1.47. The van der Waals surface area contributed by atoms with Crippen LogP contribution in [-0.4, -0.2) is 9.97 Å². The van der Waals surface area contributed by atoms with Crippen molar-refractivity contribution in [2.24, 2.45) is 0 Å². The van der Waals surface area contributed by atoms with Gasteiger partial charge in [0.05, 0.1) is 5.69 Å². The molecule has 0 aliphatic carbocycles. The summed E-state index contributed by atoms with van der Waals surface area (Å²) >= 11 is 4.19. The maximum Gasteiger partial charge on any atom is 0.0711 e. The average Bonchev–Trinajstić information content (AvgIpc) is 1.90. The summed E-state index contributed by atoms with van der Waals surface area (Å²) < 4.78 is 0. The van der Waals surface area contributed by atoms with E-state index < -0.39 is 0 Å². The van der Waals surface area contributed by atoms with Crippen LogP contribution in [0.5, 0.6) is 0 Å². The van der Waals surface area contributed by atoms with Crippen molar-refractivity contribution in [3.63, 3.8) is 0 Å². The number of hydrogen-bond donors (Lipinski definition) is 1. The van der Waals surface area contributed by atoms with E-state index in [2.05, 4.69) is 22.6 Å². The first-order valence-electron chi connectivity index (χ1n) is 2.74. The fraction of sp³-hybridized carbons (Fsp3) is 0.333. The Hall–Kier alpha value is -0.570. The van der Waals surface area contributed by atoms with Crippen molar-refractivity contribution in [1.29, 1.82) is 0 Å². The van der Waals surface area contributed by atoms with Crippen molar-refractivity contribution in [2.45, 2.75) is 12.2 Å². The van der Waals surface area contributed by atoms with Crippen molar-refractivity contribution >= 4 is 12.6 Å². The van der Waals surface area contributed by atoms with E-state index in [1.807, 2.05) is 6.92 Å². The van der Waals surface area contributed by atoms with Crippen molar-refractivity contribution in [1.82, 2.24) is 9.97 Å². The third-order valence-corrected chi connectivity index (χ3v) is 1.28. The molecule has 1 aromatic heterocycles. The molecule has 0 amide bonds. The Bertz CT molecular complexity index is 174. The van der Waals surface area contributed by atoms with E-state index in [1.54, 1.807) is 18.6 Å². The summed E-state index contributed by atoms with van der Waals surface area (Å²) in [5, 5.41) is 0.179. The second kappa shape index (κ2) is 2.82. The van der Waals surface area contributed by atoms with Crippen LogP contribution in [0.3, 0.4) is 0 Å². The molecule has 2 nitrogen and oxygen atoms in total. The van der Waals surface area contributed by atoms with E-state index in [9.17, 15) is 0 Å².